The molecule has 3 aliphatic rings. The van der Waals surface area contributed by atoms with Gasteiger partial charge in [-0.2, -0.15) is 0 Å². The van der Waals surface area contributed by atoms with Gasteiger partial charge in [0.25, 0.3) is 0 Å². The molecular weight excluding hydrogens is 630 g/mol. The zero-order valence-corrected chi connectivity index (χ0v) is 25.8. The lowest BCUT2D eigenvalue weighted by molar-refractivity contribution is -0.367. The summed E-state index contributed by atoms with van der Waals surface area (Å²) in [7, 11) is 0. The van der Waals surface area contributed by atoms with Crippen LogP contribution in [0.5, 0.6) is 0 Å². The number of hydrogen-bond donors (Lipinski definition) is 12. The molecule has 1 saturated carbocycles. The topological polar surface area (TPSA) is 263 Å². The third-order valence-corrected chi connectivity index (χ3v) is 8.97. The first-order chi connectivity index (χ1) is 20.8. The van der Waals surface area contributed by atoms with E-state index in [1.54, 1.807) is 4.90 Å². The van der Waals surface area contributed by atoms with Gasteiger partial charge in [-0.3, -0.25) is 0 Å². The second-order valence-corrected chi connectivity index (χ2v) is 12.7. The molecule has 2 aliphatic heterocycles. The molecule has 3 rings (SSSR count). The Morgan fingerprint density at radius 1 is 0.795 bits per heavy atom. The molecule has 0 aromatic carbocycles. The molecule has 44 heavy (non-hydrogen) atoms. The summed E-state index contributed by atoms with van der Waals surface area (Å²) in [5.74, 6) is 0.314. The first-order valence-electron chi connectivity index (χ1n) is 14.7. The van der Waals surface area contributed by atoms with Crippen molar-refractivity contribution in [2.24, 2.45) is 5.92 Å². The smallest absolute Gasteiger partial charge is 0.187 e. The van der Waals surface area contributed by atoms with E-state index in [1.807, 2.05) is 0 Å². The van der Waals surface area contributed by atoms with Crippen LogP contribution < -0.4 is 0 Å². The highest BCUT2D eigenvalue weighted by atomic mass is 32.1. The Balaban J connectivity index is 1.69. The number of nitrogens with zero attached hydrogens (tertiary/aromatic N) is 1. The molecule has 0 spiro atoms. The number of ether oxygens (including phenoxy) is 4. The van der Waals surface area contributed by atoms with E-state index in [0.29, 0.717) is 12.5 Å². The summed E-state index contributed by atoms with van der Waals surface area (Å²) >= 11 is 9.46. The predicted octanol–water partition coefficient (Wildman–Crippen LogP) is -4.83. The Morgan fingerprint density at radius 3 is 1.95 bits per heavy atom. The number of thiocarbonyl (C=S) groups is 1. The van der Waals surface area contributed by atoms with Crippen LogP contribution in [-0.4, -0.2) is 184 Å². The minimum atomic E-state index is -1.97. The number of thiol groups is 1. The standard InChI is InChI=1S/C26H47NO15S2/c28-8-13(32)22(16(33)12(31)7-27(26(43)44)6-11-4-2-1-3-5-11)41-25-21(38)19(36)23(15(10-30)40-25)42-24-20(37)18(35)17(34)14(9-29)39-24/h11-25,28-38H,1-10H2,(H,43,44)/t12-,13+,14+,15+,16+,17+,18-,19+,20+,21+,22+,23+,24+,25+/m0/s1. The van der Waals surface area contributed by atoms with Gasteiger partial charge in [-0.15, -0.1) is 12.6 Å². The van der Waals surface area contributed by atoms with Crippen molar-refractivity contribution in [1.29, 1.82) is 0 Å². The SMILES string of the molecule is OC[C@@H](O)[C@@H](O[C@H]1O[C@H](CO)[C@@H](O[C@H]2O[C@H](CO)[C@@H](O)[C@H](O)[C@H]2O)[C@H](O)[C@H]1O)[C@H](O)[C@@H](O)CN(CC1CCCCC1)C(=S)S. The predicted molar refractivity (Wildman–Crippen MR) is 156 cm³/mol. The van der Waals surface area contributed by atoms with Crippen LogP contribution in [0.15, 0.2) is 0 Å². The van der Waals surface area contributed by atoms with Crippen LogP contribution in [0.2, 0.25) is 0 Å². The molecule has 0 radical (unpaired) electrons. The molecule has 1 aliphatic carbocycles. The van der Waals surface area contributed by atoms with Crippen molar-refractivity contribution in [3.05, 3.63) is 0 Å². The van der Waals surface area contributed by atoms with E-state index in [9.17, 15) is 56.2 Å². The van der Waals surface area contributed by atoms with Gasteiger partial charge in [0.15, 0.2) is 12.6 Å². The molecule has 0 aromatic rings. The van der Waals surface area contributed by atoms with E-state index in [-0.39, 0.29) is 10.9 Å². The van der Waals surface area contributed by atoms with Crippen molar-refractivity contribution < 1.29 is 75.1 Å². The fourth-order valence-electron chi connectivity index (χ4n) is 5.79. The second kappa shape index (κ2) is 17.7. The Morgan fingerprint density at radius 2 is 1.39 bits per heavy atom. The van der Waals surface area contributed by atoms with Crippen molar-refractivity contribution >= 4 is 29.2 Å². The zero-order chi connectivity index (χ0) is 32.7. The second-order valence-electron chi connectivity index (χ2n) is 11.6. The molecular formula is C26H47NO15S2. The molecule has 0 unspecified atom stereocenters. The maximum Gasteiger partial charge on any atom is 0.187 e. The molecule has 0 aromatic heterocycles. The summed E-state index contributed by atoms with van der Waals surface area (Å²) < 4.78 is 22.1. The van der Waals surface area contributed by atoms with Crippen molar-refractivity contribution in [2.45, 2.75) is 118 Å². The zero-order valence-electron chi connectivity index (χ0n) is 24.1. The highest BCUT2D eigenvalue weighted by Gasteiger charge is 2.52. The van der Waals surface area contributed by atoms with Gasteiger partial charge in [-0.05, 0) is 18.8 Å². The highest BCUT2D eigenvalue weighted by molar-refractivity contribution is 8.10. The van der Waals surface area contributed by atoms with E-state index in [2.05, 4.69) is 12.6 Å². The molecule has 2 saturated heterocycles. The van der Waals surface area contributed by atoms with Crippen LogP contribution in [0.3, 0.4) is 0 Å². The summed E-state index contributed by atoms with van der Waals surface area (Å²) in [6, 6.07) is 0. The number of hydrogen-bond acceptors (Lipinski definition) is 16. The molecule has 3 fully saturated rings. The molecule has 18 heteroatoms. The number of aliphatic hydroxyl groups is 11. The van der Waals surface area contributed by atoms with Crippen molar-refractivity contribution in [1.82, 2.24) is 4.90 Å². The lowest BCUT2D eigenvalue weighted by atomic mass is 9.89. The molecule has 2 heterocycles. The first-order valence-corrected chi connectivity index (χ1v) is 15.6. The lowest BCUT2D eigenvalue weighted by Gasteiger charge is -2.46. The maximum atomic E-state index is 11.0. The van der Waals surface area contributed by atoms with Crippen LogP contribution in [0.1, 0.15) is 32.1 Å². The Kier molecular flexibility index (Phi) is 15.3. The van der Waals surface area contributed by atoms with Gasteiger partial charge in [-0.25, -0.2) is 0 Å². The summed E-state index contributed by atoms with van der Waals surface area (Å²) in [5.41, 5.74) is 0. The van der Waals surface area contributed by atoms with Crippen molar-refractivity contribution in [3.8, 4) is 0 Å². The molecule has 0 amide bonds. The first kappa shape index (κ1) is 38.1. The summed E-state index contributed by atoms with van der Waals surface area (Å²) in [6.07, 6.45) is -19.0. The van der Waals surface area contributed by atoms with Crippen molar-refractivity contribution in [3.63, 3.8) is 0 Å². The van der Waals surface area contributed by atoms with Crippen LogP contribution >= 0.6 is 24.8 Å². The average Bonchev–Trinajstić information content (AvgIpc) is 3.02. The quantitative estimate of drug-likeness (QED) is 0.0608. The van der Waals surface area contributed by atoms with Gasteiger partial charge in [0, 0.05) is 13.1 Å². The summed E-state index contributed by atoms with van der Waals surface area (Å²) in [5, 5.41) is 113. The fraction of sp³-hybridized carbons (Fsp3) is 0.962. The van der Waals surface area contributed by atoms with Crippen LogP contribution in [0, 0.1) is 5.92 Å². The van der Waals surface area contributed by atoms with Gasteiger partial charge in [0.2, 0.25) is 0 Å². The molecule has 14 atom stereocenters. The highest BCUT2D eigenvalue weighted by Crippen LogP contribution is 2.31. The Bertz CT molecular complexity index is 871. The normalized spacial score (nSPS) is 38.1. The number of aliphatic hydroxyl groups excluding tert-OH is 11. The van der Waals surface area contributed by atoms with Gasteiger partial charge in [-0.1, -0.05) is 31.5 Å². The minimum absolute atomic E-state index is 0.187. The lowest BCUT2D eigenvalue weighted by Crippen LogP contribution is -2.65. The number of rotatable bonds is 14. The van der Waals surface area contributed by atoms with Crippen molar-refractivity contribution in [2.75, 3.05) is 32.9 Å². The van der Waals surface area contributed by atoms with Crippen LogP contribution in [-0.2, 0) is 18.9 Å². The van der Waals surface area contributed by atoms with Crippen LogP contribution in [0.25, 0.3) is 0 Å². The molecule has 16 nitrogen and oxygen atoms in total. The van der Waals surface area contributed by atoms with E-state index in [1.165, 1.54) is 0 Å². The summed E-state index contributed by atoms with van der Waals surface area (Å²) in [6.45, 7) is -2.23. The fourth-order valence-corrected chi connectivity index (χ4v) is 6.10. The monoisotopic (exact) mass is 677 g/mol. The Labute approximate surface area is 265 Å². The van der Waals surface area contributed by atoms with E-state index in [0.717, 1.165) is 32.1 Å². The van der Waals surface area contributed by atoms with Crippen LogP contribution in [0.4, 0.5) is 0 Å². The molecule has 258 valence electrons. The van der Waals surface area contributed by atoms with E-state index < -0.39 is 106 Å². The Hall–Kier alpha value is -0.360. The van der Waals surface area contributed by atoms with Gasteiger partial charge in [0.1, 0.15) is 77.6 Å². The van der Waals surface area contributed by atoms with Gasteiger partial charge in [0.05, 0.1) is 19.8 Å². The van der Waals surface area contributed by atoms with Gasteiger partial charge < -0.3 is 80.0 Å². The minimum Gasteiger partial charge on any atom is -0.394 e. The third kappa shape index (κ3) is 9.38. The summed E-state index contributed by atoms with van der Waals surface area (Å²) in [4.78, 5) is 1.61. The average molecular weight is 678 g/mol. The third-order valence-electron chi connectivity index (χ3n) is 8.43. The largest absolute Gasteiger partial charge is 0.394 e. The molecule has 0 bridgehead atoms. The van der Waals surface area contributed by atoms with Gasteiger partial charge >= 0.3 is 0 Å². The van der Waals surface area contributed by atoms with E-state index >= 15 is 0 Å². The van der Waals surface area contributed by atoms with E-state index in [4.69, 9.17) is 31.2 Å². The maximum absolute atomic E-state index is 11.0. The molecule has 11 N–H and O–H groups in total.